The Bertz CT molecular complexity index is 619. The van der Waals surface area contributed by atoms with Crippen molar-refractivity contribution >= 4 is 5.97 Å². The normalized spacial score (nSPS) is 14.3. The second-order valence-corrected chi connectivity index (χ2v) is 4.57. The van der Waals surface area contributed by atoms with Crippen molar-refractivity contribution in [2.24, 2.45) is 0 Å². The predicted molar refractivity (Wildman–Crippen MR) is 52.1 cm³/mol. The molecule has 0 saturated heterocycles. The fourth-order valence-corrected chi connectivity index (χ4v) is 1.09. The maximum Gasteiger partial charge on any atom is 1.00 e. The van der Waals surface area contributed by atoms with E-state index in [1.165, 1.54) is 0 Å². The molecule has 30 heavy (non-hydrogen) atoms. The van der Waals surface area contributed by atoms with Crippen LogP contribution in [0.15, 0.2) is 12.7 Å². The van der Waals surface area contributed by atoms with Crippen molar-refractivity contribution in [1.29, 1.82) is 0 Å². The Labute approximate surface area is 175 Å². The number of carbonyl (C=O) groups is 1. The summed E-state index contributed by atoms with van der Waals surface area (Å²) < 4.78 is 207. The van der Waals surface area contributed by atoms with Gasteiger partial charge in [-0.15, -0.1) is 0 Å². The molecule has 0 aliphatic rings. The smallest absolute Gasteiger partial charge is 0.544 e. The van der Waals surface area contributed by atoms with Crippen LogP contribution in [0.5, 0.6) is 0 Å². The Morgan fingerprint density at radius 2 is 0.767 bits per heavy atom. The molecular weight excluding hydrogens is 498 g/mol. The van der Waals surface area contributed by atoms with E-state index < -0.39 is 53.8 Å². The first kappa shape index (κ1) is 33.7. The number of carboxylic acid groups (broad SMARTS) is 1. The molecule has 0 aromatic heterocycles. The van der Waals surface area contributed by atoms with E-state index in [1.54, 1.807) is 0 Å². The zero-order valence-electron chi connectivity index (χ0n) is 13.4. The fourth-order valence-electron chi connectivity index (χ4n) is 1.09. The van der Waals surface area contributed by atoms with Gasteiger partial charge in [0.25, 0.3) is 6.08 Å². The third-order valence-electron chi connectivity index (χ3n) is 2.58. The van der Waals surface area contributed by atoms with Crippen molar-refractivity contribution in [2.75, 3.05) is 0 Å². The van der Waals surface area contributed by atoms with Crippen LogP contribution in [-0.2, 0) is 4.79 Å². The van der Waals surface area contributed by atoms with Gasteiger partial charge in [-0.1, -0.05) is 0 Å². The van der Waals surface area contributed by atoms with Gasteiger partial charge >= 0.3 is 71.3 Å². The molecule has 0 saturated carbocycles. The Hall–Kier alpha value is -0.980. The van der Waals surface area contributed by atoms with Crippen LogP contribution in [0.3, 0.4) is 0 Å². The third kappa shape index (κ3) is 5.25. The van der Waals surface area contributed by atoms with Gasteiger partial charge in [0.2, 0.25) is 0 Å². The van der Waals surface area contributed by atoms with Gasteiger partial charge in [-0.2, -0.15) is 74.6 Å². The first-order chi connectivity index (χ1) is 12.2. The van der Waals surface area contributed by atoms with E-state index in [9.17, 15) is 84.5 Å². The van der Waals surface area contributed by atoms with Crippen molar-refractivity contribution in [1.82, 2.24) is 0 Å². The van der Waals surface area contributed by atoms with Gasteiger partial charge in [-0.3, -0.25) is 0 Å². The first-order valence-electron chi connectivity index (χ1n) is 5.72. The van der Waals surface area contributed by atoms with Crippen LogP contribution in [0.2, 0.25) is 0 Å². The van der Waals surface area contributed by atoms with Crippen molar-refractivity contribution < 1.29 is 114 Å². The second-order valence-electron chi connectivity index (χ2n) is 4.57. The van der Waals surface area contributed by atoms with Crippen LogP contribution >= 0.6 is 0 Å². The monoisotopic (exact) mass is 500 g/mol. The molecule has 20 heteroatoms. The van der Waals surface area contributed by atoms with E-state index in [0.717, 1.165) is 0 Å². The van der Waals surface area contributed by atoms with E-state index in [2.05, 4.69) is 6.58 Å². The minimum absolute atomic E-state index is 0. The van der Waals surface area contributed by atoms with Gasteiger partial charge in [-0.25, -0.2) is 0 Å². The molecule has 174 valence electrons. The van der Waals surface area contributed by atoms with E-state index >= 15 is 0 Å². The molecule has 0 N–H and O–H groups in total. The summed E-state index contributed by atoms with van der Waals surface area (Å²) in [7, 11) is 0. The van der Waals surface area contributed by atoms with Crippen LogP contribution in [0.1, 0.15) is 0 Å². The average molecular weight is 500 g/mol. The molecule has 0 aromatic rings. The molecule has 2 nitrogen and oxygen atoms in total. The standard InChI is InChI=1S/C8HF15O2.C2H2F2.Na/c9-2(10,1(24)25)3(11,12)4(13,14)5(15,16)6(17,18)7(19,20)8(21,22)23;1-2(3)4;/h(H,24,25);1H2;/q;;+1/p-1. The Morgan fingerprint density at radius 1 is 0.567 bits per heavy atom. The molecule has 0 radical (unpaired) electrons. The Morgan fingerprint density at radius 3 is 0.967 bits per heavy atom. The molecule has 0 spiro atoms. The van der Waals surface area contributed by atoms with Gasteiger partial charge in [0.1, 0.15) is 5.97 Å². The first-order valence-corrected chi connectivity index (χ1v) is 5.72. The summed E-state index contributed by atoms with van der Waals surface area (Å²) >= 11 is 0. The van der Waals surface area contributed by atoms with Gasteiger partial charge in [0, 0.05) is 0 Å². The average Bonchev–Trinajstić information content (AvgIpc) is 2.43. The Balaban J connectivity index is -0.00000133. The van der Waals surface area contributed by atoms with Crippen molar-refractivity contribution in [2.45, 2.75) is 41.7 Å². The van der Waals surface area contributed by atoms with Crippen LogP contribution < -0.4 is 34.7 Å². The molecule has 0 amide bonds. The largest absolute Gasteiger partial charge is 1.00 e. The summed E-state index contributed by atoms with van der Waals surface area (Å²) in [5, 5.41) is 9.61. The van der Waals surface area contributed by atoms with E-state index in [-0.39, 0.29) is 29.6 Å². The van der Waals surface area contributed by atoms with E-state index in [1.807, 2.05) is 0 Å². The summed E-state index contributed by atoms with van der Waals surface area (Å²) in [6.07, 6.45) is -9.54. The van der Waals surface area contributed by atoms with Gasteiger partial charge < -0.3 is 9.90 Å². The number of carboxylic acids is 1. The molecule has 0 fully saturated rings. The molecule has 0 aromatic carbocycles. The van der Waals surface area contributed by atoms with Crippen LogP contribution in [0.4, 0.5) is 74.6 Å². The molecule has 0 atom stereocenters. The number of hydrogen-bond donors (Lipinski definition) is 0. The molecule has 0 unspecified atom stereocenters. The minimum atomic E-state index is -8.50. The number of carbonyl (C=O) groups excluding carboxylic acids is 1. The fraction of sp³-hybridized carbons (Fsp3) is 0.700. The SMILES string of the molecule is C=C(F)F.O=C([O-])C(F)(F)C(F)(F)C(F)(F)C(F)(F)C(F)(F)C(F)(F)C(F)(F)F.[Na+]. The summed E-state index contributed by atoms with van der Waals surface area (Å²) in [5.41, 5.74) is 0. The van der Waals surface area contributed by atoms with Crippen molar-refractivity contribution in [3.05, 3.63) is 12.7 Å². The zero-order valence-corrected chi connectivity index (χ0v) is 15.4. The summed E-state index contributed by atoms with van der Waals surface area (Å²) in [4.78, 5) is 9.61. The molecule has 0 bridgehead atoms. The van der Waals surface area contributed by atoms with Crippen molar-refractivity contribution in [3.63, 3.8) is 0 Å². The quantitative estimate of drug-likeness (QED) is 0.410. The van der Waals surface area contributed by atoms with Gasteiger partial charge in [-0.05, 0) is 6.58 Å². The Kier molecular flexibility index (Phi) is 10.4. The van der Waals surface area contributed by atoms with Gasteiger partial charge in [0.05, 0.1) is 0 Å². The number of rotatable bonds is 6. The molecule has 0 aliphatic carbocycles. The summed E-state index contributed by atoms with van der Waals surface area (Å²) in [6.45, 7) is 2.22. The number of hydrogen-bond acceptors (Lipinski definition) is 2. The number of halogens is 17. The summed E-state index contributed by atoms with van der Waals surface area (Å²) in [5.74, 6) is -53.3. The van der Waals surface area contributed by atoms with E-state index in [4.69, 9.17) is 0 Å². The molecular formula is C10H2F17NaO2. The zero-order chi connectivity index (χ0) is 24.7. The molecule has 0 heterocycles. The number of aliphatic carboxylic acids is 1. The van der Waals surface area contributed by atoms with Crippen molar-refractivity contribution in [3.8, 4) is 0 Å². The molecule has 0 rings (SSSR count). The maximum atomic E-state index is 12.8. The van der Waals surface area contributed by atoms with Crippen LogP contribution in [-0.4, -0.2) is 47.7 Å². The van der Waals surface area contributed by atoms with Crippen LogP contribution in [0, 0.1) is 0 Å². The second kappa shape index (κ2) is 9.25. The minimum Gasteiger partial charge on any atom is -0.544 e. The van der Waals surface area contributed by atoms with Crippen LogP contribution in [0.25, 0.3) is 0 Å². The molecule has 0 aliphatic heterocycles. The summed E-state index contributed by atoms with van der Waals surface area (Å²) in [6, 6.07) is 0. The third-order valence-corrected chi connectivity index (χ3v) is 2.58. The maximum absolute atomic E-state index is 12.8. The number of alkyl halides is 15. The topological polar surface area (TPSA) is 40.1 Å². The van der Waals surface area contributed by atoms with Gasteiger partial charge in [0.15, 0.2) is 0 Å². The predicted octanol–water partition coefficient (Wildman–Crippen LogP) is 1.51. The van der Waals surface area contributed by atoms with E-state index in [0.29, 0.717) is 0 Å².